The normalized spacial score (nSPS) is 11.5. The number of hydrogen-bond donors (Lipinski definition) is 1. The number of hydrogen-bond acceptors (Lipinski definition) is 2. The van der Waals surface area contributed by atoms with E-state index in [2.05, 4.69) is 0 Å². The largest absolute Gasteiger partial charge is 0.406 e. The van der Waals surface area contributed by atoms with Gasteiger partial charge in [0.2, 0.25) is 0 Å². The standard InChI is InChI=1S/C11H10ClF4NO2/c12-7-1-2-8(9(13)5-7)10(19)17(3-4-18)6-11(14,15)16/h1-2,5,18H,3-4,6H2. The molecule has 0 fully saturated rings. The Bertz CT molecular complexity index is 464. The first-order valence-corrected chi connectivity index (χ1v) is 5.54. The lowest BCUT2D eigenvalue weighted by molar-refractivity contribution is -0.141. The third kappa shape index (κ3) is 4.68. The van der Waals surface area contributed by atoms with Crippen LogP contribution in [0.2, 0.25) is 5.02 Å². The van der Waals surface area contributed by atoms with Crippen molar-refractivity contribution in [1.29, 1.82) is 0 Å². The van der Waals surface area contributed by atoms with Gasteiger partial charge in [-0.3, -0.25) is 4.79 Å². The van der Waals surface area contributed by atoms with Crippen LogP contribution in [0.1, 0.15) is 10.4 Å². The van der Waals surface area contributed by atoms with Crippen LogP contribution >= 0.6 is 11.6 Å². The Morgan fingerprint density at radius 1 is 1.37 bits per heavy atom. The van der Waals surface area contributed by atoms with Gasteiger partial charge in [-0.15, -0.1) is 0 Å². The maximum atomic E-state index is 13.5. The Morgan fingerprint density at radius 2 is 2.00 bits per heavy atom. The number of aliphatic hydroxyl groups excluding tert-OH is 1. The van der Waals surface area contributed by atoms with Gasteiger partial charge in [-0.05, 0) is 18.2 Å². The summed E-state index contributed by atoms with van der Waals surface area (Å²) in [5, 5.41) is 8.69. The van der Waals surface area contributed by atoms with Crippen LogP contribution in [0, 0.1) is 5.82 Å². The summed E-state index contributed by atoms with van der Waals surface area (Å²) in [5.74, 6) is -2.16. The molecule has 106 valence electrons. The quantitative estimate of drug-likeness (QED) is 0.868. The van der Waals surface area contributed by atoms with Crippen LogP contribution in [0.15, 0.2) is 18.2 Å². The molecule has 0 spiro atoms. The van der Waals surface area contributed by atoms with Gasteiger partial charge in [-0.2, -0.15) is 13.2 Å². The number of carbonyl (C=O) groups is 1. The molecule has 19 heavy (non-hydrogen) atoms. The lowest BCUT2D eigenvalue weighted by Gasteiger charge is -2.23. The van der Waals surface area contributed by atoms with E-state index in [9.17, 15) is 22.4 Å². The van der Waals surface area contributed by atoms with Gasteiger partial charge in [0.25, 0.3) is 5.91 Å². The van der Waals surface area contributed by atoms with Crippen LogP contribution in [-0.2, 0) is 0 Å². The predicted molar refractivity (Wildman–Crippen MR) is 60.5 cm³/mol. The van der Waals surface area contributed by atoms with Crippen LogP contribution in [0.3, 0.4) is 0 Å². The number of alkyl halides is 3. The second kappa shape index (κ2) is 6.21. The highest BCUT2D eigenvalue weighted by atomic mass is 35.5. The molecule has 8 heteroatoms. The molecular formula is C11H10ClF4NO2. The Kier molecular flexibility index (Phi) is 5.13. The molecule has 1 aromatic rings. The van der Waals surface area contributed by atoms with E-state index in [0.29, 0.717) is 4.90 Å². The summed E-state index contributed by atoms with van der Waals surface area (Å²) in [4.78, 5) is 12.1. The van der Waals surface area contributed by atoms with E-state index in [1.165, 1.54) is 6.07 Å². The van der Waals surface area contributed by atoms with Crippen molar-refractivity contribution in [3.63, 3.8) is 0 Å². The minimum absolute atomic E-state index is 0.0265. The van der Waals surface area contributed by atoms with Crippen molar-refractivity contribution in [2.75, 3.05) is 19.7 Å². The molecule has 0 aliphatic carbocycles. The first-order valence-electron chi connectivity index (χ1n) is 5.16. The predicted octanol–water partition coefficient (Wildman–Crippen LogP) is 2.48. The van der Waals surface area contributed by atoms with E-state index in [4.69, 9.17) is 16.7 Å². The average Bonchev–Trinajstić information content (AvgIpc) is 2.26. The molecule has 1 aromatic carbocycles. The number of aliphatic hydroxyl groups is 1. The molecule has 0 unspecified atom stereocenters. The lowest BCUT2D eigenvalue weighted by atomic mass is 10.2. The van der Waals surface area contributed by atoms with Crippen molar-refractivity contribution >= 4 is 17.5 Å². The number of rotatable bonds is 4. The van der Waals surface area contributed by atoms with Crippen molar-refractivity contribution in [3.05, 3.63) is 34.6 Å². The van der Waals surface area contributed by atoms with Crippen LogP contribution in [-0.4, -0.2) is 41.8 Å². The van der Waals surface area contributed by atoms with Gasteiger partial charge in [0.05, 0.1) is 12.2 Å². The lowest BCUT2D eigenvalue weighted by Crippen LogP contribution is -2.41. The highest BCUT2D eigenvalue weighted by Gasteiger charge is 2.33. The van der Waals surface area contributed by atoms with E-state index in [1.54, 1.807) is 0 Å². The molecule has 3 nitrogen and oxygen atoms in total. The molecule has 0 aliphatic rings. The highest BCUT2D eigenvalue weighted by molar-refractivity contribution is 6.30. The van der Waals surface area contributed by atoms with Gasteiger partial charge in [0.15, 0.2) is 0 Å². The van der Waals surface area contributed by atoms with Crippen LogP contribution < -0.4 is 0 Å². The zero-order chi connectivity index (χ0) is 14.6. The van der Waals surface area contributed by atoms with E-state index in [-0.39, 0.29) is 5.02 Å². The molecule has 0 radical (unpaired) electrons. The maximum absolute atomic E-state index is 13.5. The smallest absolute Gasteiger partial charge is 0.395 e. The Morgan fingerprint density at radius 3 is 2.47 bits per heavy atom. The van der Waals surface area contributed by atoms with Gasteiger partial charge >= 0.3 is 6.18 Å². The molecule has 1 N–H and O–H groups in total. The summed E-state index contributed by atoms with van der Waals surface area (Å²) in [6, 6.07) is 3.03. The zero-order valence-corrected chi connectivity index (χ0v) is 10.3. The molecule has 0 heterocycles. The van der Waals surface area contributed by atoms with Gasteiger partial charge in [0, 0.05) is 11.6 Å². The molecule has 0 saturated heterocycles. The fraction of sp³-hybridized carbons (Fsp3) is 0.364. The van der Waals surface area contributed by atoms with E-state index in [1.807, 2.05) is 0 Å². The first-order chi connectivity index (χ1) is 8.74. The Labute approximate surface area is 111 Å². The fourth-order valence-corrected chi connectivity index (χ4v) is 1.58. The van der Waals surface area contributed by atoms with Gasteiger partial charge < -0.3 is 10.0 Å². The third-order valence-electron chi connectivity index (χ3n) is 2.19. The Balaban J connectivity index is 2.99. The number of amides is 1. The van der Waals surface area contributed by atoms with Crippen LogP contribution in [0.25, 0.3) is 0 Å². The molecule has 0 bridgehead atoms. The fourth-order valence-electron chi connectivity index (χ4n) is 1.42. The minimum Gasteiger partial charge on any atom is -0.395 e. The summed E-state index contributed by atoms with van der Waals surface area (Å²) < 4.78 is 50.3. The highest BCUT2D eigenvalue weighted by Crippen LogP contribution is 2.20. The summed E-state index contributed by atoms with van der Waals surface area (Å²) >= 11 is 5.48. The summed E-state index contributed by atoms with van der Waals surface area (Å²) in [6.07, 6.45) is -4.63. The number of carbonyl (C=O) groups excluding carboxylic acids is 1. The zero-order valence-electron chi connectivity index (χ0n) is 9.55. The van der Waals surface area contributed by atoms with E-state index < -0.39 is 43.2 Å². The van der Waals surface area contributed by atoms with E-state index >= 15 is 0 Å². The Hall–Kier alpha value is -1.34. The van der Waals surface area contributed by atoms with Crippen LogP contribution in [0.5, 0.6) is 0 Å². The average molecular weight is 300 g/mol. The molecule has 0 aromatic heterocycles. The summed E-state index contributed by atoms with van der Waals surface area (Å²) in [7, 11) is 0. The monoisotopic (exact) mass is 299 g/mol. The van der Waals surface area contributed by atoms with Crippen molar-refractivity contribution in [3.8, 4) is 0 Å². The second-order valence-electron chi connectivity index (χ2n) is 3.69. The van der Waals surface area contributed by atoms with Crippen molar-refractivity contribution in [2.45, 2.75) is 6.18 Å². The topological polar surface area (TPSA) is 40.5 Å². The summed E-state index contributed by atoms with van der Waals surface area (Å²) in [6.45, 7) is -2.76. The van der Waals surface area contributed by atoms with Crippen molar-refractivity contribution < 1.29 is 27.5 Å². The van der Waals surface area contributed by atoms with Gasteiger partial charge in [-0.1, -0.05) is 11.6 Å². The molecule has 0 atom stereocenters. The van der Waals surface area contributed by atoms with Gasteiger partial charge in [-0.25, -0.2) is 4.39 Å². The van der Waals surface area contributed by atoms with Crippen LogP contribution in [0.4, 0.5) is 17.6 Å². The summed E-state index contributed by atoms with van der Waals surface area (Å²) in [5.41, 5.74) is -0.526. The minimum atomic E-state index is -4.63. The molecule has 1 amide bonds. The SMILES string of the molecule is O=C(c1ccc(Cl)cc1F)N(CCO)CC(F)(F)F. The molecule has 0 aliphatic heterocycles. The third-order valence-corrected chi connectivity index (χ3v) is 2.42. The van der Waals surface area contributed by atoms with Crippen molar-refractivity contribution in [2.24, 2.45) is 0 Å². The van der Waals surface area contributed by atoms with Crippen molar-refractivity contribution in [1.82, 2.24) is 4.90 Å². The molecular weight excluding hydrogens is 290 g/mol. The second-order valence-corrected chi connectivity index (χ2v) is 4.13. The van der Waals surface area contributed by atoms with Gasteiger partial charge in [0.1, 0.15) is 12.4 Å². The number of nitrogens with zero attached hydrogens (tertiary/aromatic N) is 1. The number of benzene rings is 1. The van der Waals surface area contributed by atoms with E-state index in [0.717, 1.165) is 12.1 Å². The molecule has 0 saturated carbocycles. The molecule has 1 rings (SSSR count). The number of halogens is 5. The first kappa shape index (κ1) is 15.7. The maximum Gasteiger partial charge on any atom is 0.406 e.